The third-order valence-electron chi connectivity index (χ3n) is 4.37. The first kappa shape index (κ1) is 13.3. The Labute approximate surface area is 109 Å². The SMILES string of the molecule is CC(C)(N)C(C)(C)CN1CCc2ccc(F)cc21. The molecule has 1 heterocycles. The highest BCUT2D eigenvalue weighted by molar-refractivity contribution is 5.58. The predicted molar refractivity (Wildman–Crippen MR) is 74.4 cm³/mol. The van der Waals surface area contributed by atoms with Crippen LogP contribution in [-0.4, -0.2) is 18.6 Å². The fourth-order valence-electron chi connectivity index (χ4n) is 2.26. The monoisotopic (exact) mass is 250 g/mol. The van der Waals surface area contributed by atoms with Crippen molar-refractivity contribution in [1.82, 2.24) is 0 Å². The van der Waals surface area contributed by atoms with Crippen LogP contribution in [0.5, 0.6) is 0 Å². The molecule has 0 atom stereocenters. The summed E-state index contributed by atoms with van der Waals surface area (Å²) >= 11 is 0. The molecule has 0 saturated heterocycles. The average Bonchev–Trinajstić information content (AvgIpc) is 2.59. The van der Waals surface area contributed by atoms with Crippen LogP contribution in [0.4, 0.5) is 10.1 Å². The Morgan fingerprint density at radius 1 is 1.28 bits per heavy atom. The van der Waals surface area contributed by atoms with Crippen LogP contribution in [0.25, 0.3) is 0 Å². The van der Waals surface area contributed by atoms with Gasteiger partial charge in [0.2, 0.25) is 0 Å². The zero-order valence-corrected chi connectivity index (χ0v) is 11.8. The molecule has 2 N–H and O–H groups in total. The number of hydrogen-bond acceptors (Lipinski definition) is 2. The summed E-state index contributed by atoms with van der Waals surface area (Å²) in [5.74, 6) is -0.162. The maximum absolute atomic E-state index is 13.4. The molecule has 1 aliphatic heterocycles. The van der Waals surface area contributed by atoms with Gasteiger partial charge in [-0.2, -0.15) is 0 Å². The number of benzene rings is 1. The Hall–Kier alpha value is -1.09. The highest BCUT2D eigenvalue weighted by Gasteiger charge is 2.36. The van der Waals surface area contributed by atoms with E-state index in [1.165, 1.54) is 5.56 Å². The number of rotatable bonds is 3. The van der Waals surface area contributed by atoms with E-state index in [1.807, 2.05) is 6.07 Å². The molecule has 18 heavy (non-hydrogen) atoms. The van der Waals surface area contributed by atoms with E-state index in [0.29, 0.717) is 0 Å². The molecule has 2 nitrogen and oxygen atoms in total. The summed E-state index contributed by atoms with van der Waals surface area (Å²) in [5.41, 5.74) is 8.23. The molecule has 3 heteroatoms. The molecule has 0 unspecified atom stereocenters. The van der Waals surface area contributed by atoms with Gasteiger partial charge < -0.3 is 10.6 Å². The maximum atomic E-state index is 13.4. The van der Waals surface area contributed by atoms with Crippen LogP contribution >= 0.6 is 0 Å². The lowest BCUT2D eigenvalue weighted by Gasteiger charge is -2.42. The highest BCUT2D eigenvalue weighted by atomic mass is 19.1. The van der Waals surface area contributed by atoms with Gasteiger partial charge in [0.1, 0.15) is 5.82 Å². The summed E-state index contributed by atoms with van der Waals surface area (Å²) in [5, 5.41) is 0. The molecule has 0 aromatic heterocycles. The molecule has 1 aromatic carbocycles. The second-order valence-corrected chi connectivity index (χ2v) is 6.55. The summed E-state index contributed by atoms with van der Waals surface area (Å²) in [7, 11) is 0. The number of fused-ring (bicyclic) bond motifs is 1. The summed E-state index contributed by atoms with van der Waals surface area (Å²) < 4.78 is 13.4. The molecule has 2 rings (SSSR count). The van der Waals surface area contributed by atoms with Crippen LogP contribution in [-0.2, 0) is 6.42 Å². The van der Waals surface area contributed by atoms with E-state index < -0.39 is 0 Å². The normalized spacial score (nSPS) is 16.0. The molecule has 0 fully saturated rings. The Morgan fingerprint density at radius 2 is 1.94 bits per heavy atom. The van der Waals surface area contributed by atoms with Gasteiger partial charge in [-0.1, -0.05) is 19.9 Å². The zero-order chi connectivity index (χ0) is 13.6. The molecule has 0 aliphatic carbocycles. The summed E-state index contributed by atoms with van der Waals surface area (Å²) in [4.78, 5) is 2.26. The van der Waals surface area contributed by atoms with Gasteiger partial charge in [0, 0.05) is 24.3 Å². The van der Waals surface area contributed by atoms with Crippen LogP contribution in [0, 0.1) is 11.2 Å². The number of nitrogens with two attached hydrogens (primary N) is 1. The third kappa shape index (κ3) is 2.37. The number of hydrogen-bond donors (Lipinski definition) is 1. The summed E-state index contributed by atoms with van der Waals surface area (Å²) in [6.07, 6.45) is 0.997. The van der Waals surface area contributed by atoms with Gasteiger partial charge >= 0.3 is 0 Å². The van der Waals surface area contributed by atoms with Crippen molar-refractivity contribution in [2.75, 3.05) is 18.0 Å². The van der Waals surface area contributed by atoms with E-state index in [2.05, 4.69) is 32.6 Å². The van der Waals surface area contributed by atoms with E-state index in [0.717, 1.165) is 25.2 Å². The van der Waals surface area contributed by atoms with E-state index >= 15 is 0 Å². The first-order valence-electron chi connectivity index (χ1n) is 6.53. The molecule has 0 amide bonds. The number of anilines is 1. The van der Waals surface area contributed by atoms with Crippen molar-refractivity contribution in [3.8, 4) is 0 Å². The van der Waals surface area contributed by atoms with Crippen molar-refractivity contribution in [3.05, 3.63) is 29.6 Å². The van der Waals surface area contributed by atoms with Gasteiger partial charge in [-0.15, -0.1) is 0 Å². The van der Waals surface area contributed by atoms with Crippen LogP contribution in [0.15, 0.2) is 18.2 Å². The highest BCUT2D eigenvalue weighted by Crippen LogP contribution is 2.35. The Balaban J connectivity index is 2.22. The fraction of sp³-hybridized carbons (Fsp3) is 0.600. The summed E-state index contributed by atoms with van der Waals surface area (Å²) in [6, 6.07) is 5.08. The van der Waals surface area contributed by atoms with E-state index in [9.17, 15) is 4.39 Å². The van der Waals surface area contributed by atoms with Crippen LogP contribution < -0.4 is 10.6 Å². The quantitative estimate of drug-likeness (QED) is 0.893. The van der Waals surface area contributed by atoms with E-state index in [1.54, 1.807) is 12.1 Å². The van der Waals surface area contributed by atoms with Gasteiger partial charge in [-0.3, -0.25) is 0 Å². The Kier molecular flexibility index (Phi) is 3.14. The van der Waals surface area contributed by atoms with Crippen LogP contribution in [0.2, 0.25) is 0 Å². The van der Waals surface area contributed by atoms with E-state index in [4.69, 9.17) is 5.73 Å². The Morgan fingerprint density at radius 3 is 2.56 bits per heavy atom. The molecule has 1 aliphatic rings. The molecule has 0 bridgehead atoms. The molecule has 1 aromatic rings. The minimum Gasteiger partial charge on any atom is -0.370 e. The molecule has 0 radical (unpaired) electrons. The minimum atomic E-state index is -0.261. The number of halogens is 1. The predicted octanol–water partition coefficient (Wildman–Crippen LogP) is 2.95. The molecular formula is C15H23FN2. The lowest BCUT2D eigenvalue weighted by atomic mass is 9.75. The average molecular weight is 250 g/mol. The fourth-order valence-corrected chi connectivity index (χ4v) is 2.26. The second-order valence-electron chi connectivity index (χ2n) is 6.55. The van der Waals surface area contributed by atoms with Crippen LogP contribution in [0.1, 0.15) is 33.3 Å². The molecule has 100 valence electrons. The van der Waals surface area contributed by atoms with Crippen molar-refractivity contribution >= 4 is 5.69 Å². The zero-order valence-electron chi connectivity index (χ0n) is 11.8. The van der Waals surface area contributed by atoms with Crippen molar-refractivity contribution < 1.29 is 4.39 Å². The molecule has 0 saturated carbocycles. The largest absolute Gasteiger partial charge is 0.370 e. The van der Waals surface area contributed by atoms with Gasteiger partial charge in [-0.05, 0) is 43.4 Å². The van der Waals surface area contributed by atoms with Crippen molar-refractivity contribution in [2.45, 2.75) is 39.7 Å². The molecule has 0 spiro atoms. The van der Waals surface area contributed by atoms with E-state index in [-0.39, 0.29) is 16.8 Å². The van der Waals surface area contributed by atoms with Gasteiger partial charge in [0.05, 0.1) is 0 Å². The smallest absolute Gasteiger partial charge is 0.125 e. The lowest BCUT2D eigenvalue weighted by Crippen LogP contribution is -2.52. The first-order chi connectivity index (χ1) is 8.21. The molecular weight excluding hydrogens is 227 g/mol. The Bertz CT molecular complexity index is 446. The van der Waals surface area contributed by atoms with Gasteiger partial charge in [0.15, 0.2) is 0 Å². The van der Waals surface area contributed by atoms with Gasteiger partial charge in [-0.25, -0.2) is 4.39 Å². The lowest BCUT2D eigenvalue weighted by molar-refractivity contribution is 0.208. The summed E-state index contributed by atoms with van der Waals surface area (Å²) in [6.45, 7) is 10.3. The van der Waals surface area contributed by atoms with Crippen molar-refractivity contribution in [2.24, 2.45) is 11.1 Å². The minimum absolute atomic E-state index is 0.0269. The van der Waals surface area contributed by atoms with Gasteiger partial charge in [0.25, 0.3) is 0 Å². The van der Waals surface area contributed by atoms with Crippen molar-refractivity contribution in [3.63, 3.8) is 0 Å². The maximum Gasteiger partial charge on any atom is 0.125 e. The third-order valence-corrected chi connectivity index (χ3v) is 4.37. The first-order valence-corrected chi connectivity index (χ1v) is 6.53. The topological polar surface area (TPSA) is 29.3 Å². The standard InChI is InChI=1S/C15H23FN2/c1-14(2,15(3,4)17)10-18-8-7-11-5-6-12(16)9-13(11)18/h5-6,9H,7-8,10,17H2,1-4H3. The number of nitrogens with zero attached hydrogens (tertiary/aromatic N) is 1. The van der Waals surface area contributed by atoms with Crippen molar-refractivity contribution in [1.29, 1.82) is 0 Å². The van der Waals surface area contributed by atoms with Crippen LogP contribution in [0.3, 0.4) is 0 Å². The second kappa shape index (κ2) is 4.23.